The summed E-state index contributed by atoms with van der Waals surface area (Å²) in [5, 5.41) is 67.6. The van der Waals surface area contributed by atoms with E-state index >= 15 is 0 Å². The quantitative estimate of drug-likeness (QED) is 0.220. The molecule has 10 nitrogen and oxygen atoms in total. The van der Waals surface area contributed by atoms with Gasteiger partial charge in [-0.25, -0.2) is 0 Å². The van der Waals surface area contributed by atoms with Gasteiger partial charge in [-0.05, 0) is 0 Å². The zero-order chi connectivity index (χ0) is 18.7. The normalized spacial score (nSPS) is 48.5. The maximum Gasteiger partial charge on any atom is 0.186 e. The Labute approximate surface area is 152 Å². The predicted octanol–water partition coefficient (Wildman–Crippen LogP) is -3.38. The van der Waals surface area contributed by atoms with Crippen LogP contribution in [-0.2, 0) is 14.2 Å². The first-order valence-electron chi connectivity index (χ1n) is 7.63. The lowest BCUT2D eigenvalue weighted by Crippen LogP contribution is -2.58. The van der Waals surface area contributed by atoms with Crippen LogP contribution in [0.15, 0.2) is 0 Å². The van der Waals surface area contributed by atoms with Gasteiger partial charge in [-0.3, -0.25) is 0 Å². The van der Waals surface area contributed by atoms with E-state index in [1.165, 1.54) is 7.11 Å². The highest BCUT2D eigenvalue weighted by atomic mass is 33.1. The molecule has 2 saturated heterocycles. The van der Waals surface area contributed by atoms with Gasteiger partial charge in [0, 0.05) is 7.11 Å². The first-order valence-corrected chi connectivity index (χ1v) is 9.91. The zero-order valence-electron chi connectivity index (χ0n) is 13.4. The molecule has 2 aliphatic rings. The van der Waals surface area contributed by atoms with Gasteiger partial charge in [0.05, 0.1) is 24.6 Å². The molecule has 0 bridgehead atoms. The Morgan fingerprint density at radius 1 is 0.760 bits per heavy atom. The van der Waals surface area contributed by atoms with E-state index in [-0.39, 0.29) is 0 Å². The number of aliphatic hydroxyl groups is 7. The molecule has 10 atom stereocenters. The lowest BCUT2D eigenvalue weighted by atomic mass is 10.0. The van der Waals surface area contributed by atoms with E-state index in [0.717, 1.165) is 21.6 Å². The minimum absolute atomic E-state index is 0.434. The van der Waals surface area contributed by atoms with Crippen molar-refractivity contribution in [1.82, 2.24) is 0 Å². The second-order valence-corrected chi connectivity index (χ2v) is 8.35. The van der Waals surface area contributed by atoms with Crippen LogP contribution in [0.25, 0.3) is 0 Å². The van der Waals surface area contributed by atoms with E-state index in [4.69, 9.17) is 14.2 Å². The molecule has 0 spiro atoms. The van der Waals surface area contributed by atoms with E-state index in [2.05, 4.69) is 0 Å². The smallest absolute Gasteiger partial charge is 0.186 e. The third-order valence-corrected chi connectivity index (χ3v) is 7.23. The highest BCUT2D eigenvalue weighted by molar-refractivity contribution is 8.77. The molecule has 0 radical (unpaired) electrons. The molecule has 0 aromatic carbocycles. The molecule has 0 aromatic heterocycles. The molecule has 7 N–H and O–H groups in total. The lowest BCUT2D eigenvalue weighted by Gasteiger charge is -2.43. The Bertz CT molecular complexity index is 414. The number of methoxy groups -OCH3 is 1. The molecule has 2 aliphatic heterocycles. The van der Waals surface area contributed by atoms with Crippen molar-refractivity contribution in [3.8, 4) is 0 Å². The Balaban J connectivity index is 2.00. The Morgan fingerprint density at radius 2 is 1.40 bits per heavy atom. The van der Waals surface area contributed by atoms with E-state index in [9.17, 15) is 35.7 Å². The number of hydrogen-bond acceptors (Lipinski definition) is 12. The average Bonchev–Trinajstić information content (AvgIpc) is 2.62. The molecule has 148 valence electrons. The highest BCUT2D eigenvalue weighted by Gasteiger charge is 2.48. The van der Waals surface area contributed by atoms with Crippen molar-refractivity contribution in [3.63, 3.8) is 0 Å². The molecule has 0 amide bonds. The molecule has 2 fully saturated rings. The van der Waals surface area contributed by atoms with Crippen molar-refractivity contribution in [1.29, 1.82) is 0 Å². The first-order chi connectivity index (χ1) is 11.8. The molecule has 2 heterocycles. The van der Waals surface area contributed by atoms with Crippen LogP contribution in [0.3, 0.4) is 0 Å². The minimum Gasteiger partial charge on any atom is -0.394 e. The molecule has 25 heavy (non-hydrogen) atoms. The standard InChI is InChI=1S/C13H24O10S2/c1-21-12-9(19)8(18)11(5(3-15)22-12)24-25-13-10(20)7(17)6(16)4(2-14)23-13/h4-20H,2-3H2,1H3/t4-,5-,6+,7+,8-,9-,10-,11-,12+,13+/m1/s1. The fourth-order valence-electron chi connectivity index (χ4n) is 2.63. The number of aliphatic hydroxyl groups excluding tert-OH is 7. The van der Waals surface area contributed by atoms with Crippen LogP contribution in [0.4, 0.5) is 0 Å². The molecule has 0 aliphatic carbocycles. The van der Waals surface area contributed by atoms with Crippen molar-refractivity contribution >= 4 is 21.6 Å². The van der Waals surface area contributed by atoms with Gasteiger partial charge < -0.3 is 50.0 Å². The summed E-state index contributed by atoms with van der Waals surface area (Å²) in [5.74, 6) is 0. The molecular formula is C13H24O10S2. The van der Waals surface area contributed by atoms with Crippen molar-refractivity contribution in [2.75, 3.05) is 20.3 Å². The van der Waals surface area contributed by atoms with Crippen molar-refractivity contribution in [2.45, 2.75) is 59.7 Å². The van der Waals surface area contributed by atoms with Crippen LogP contribution in [-0.4, -0.2) is 116 Å². The summed E-state index contributed by atoms with van der Waals surface area (Å²) in [6.45, 7) is -0.980. The Morgan fingerprint density at radius 3 is 1.96 bits per heavy atom. The molecule has 0 unspecified atom stereocenters. The van der Waals surface area contributed by atoms with Gasteiger partial charge in [0.25, 0.3) is 0 Å². The van der Waals surface area contributed by atoms with Gasteiger partial charge in [-0.1, -0.05) is 21.6 Å². The zero-order valence-corrected chi connectivity index (χ0v) is 15.0. The maximum atomic E-state index is 10.2. The molecule has 0 saturated carbocycles. The SMILES string of the molecule is CO[C@H]1O[C@H](CO)[C@@H](SS[C@@H]2O[C@H](CO)[C@H](O)[C@H](O)[C@H]2O)[C@H](O)[C@H]1O. The third-order valence-electron chi connectivity index (χ3n) is 4.16. The molecule has 0 aromatic rings. The van der Waals surface area contributed by atoms with E-state index < -0.39 is 72.9 Å². The van der Waals surface area contributed by atoms with Crippen LogP contribution in [0.5, 0.6) is 0 Å². The van der Waals surface area contributed by atoms with Crippen LogP contribution >= 0.6 is 21.6 Å². The van der Waals surface area contributed by atoms with Crippen LogP contribution in [0.2, 0.25) is 0 Å². The number of rotatable bonds is 6. The van der Waals surface area contributed by atoms with Gasteiger partial charge in [0.15, 0.2) is 6.29 Å². The topological polar surface area (TPSA) is 169 Å². The average molecular weight is 404 g/mol. The summed E-state index contributed by atoms with van der Waals surface area (Å²) in [5.41, 5.74) is -1.01. The second-order valence-electron chi connectivity index (χ2n) is 5.80. The van der Waals surface area contributed by atoms with Crippen molar-refractivity contribution in [2.24, 2.45) is 0 Å². The van der Waals surface area contributed by atoms with Crippen LogP contribution in [0, 0.1) is 0 Å². The summed E-state index contributed by atoms with van der Waals surface area (Å²) < 4.78 is 15.6. The summed E-state index contributed by atoms with van der Waals surface area (Å²) in [4.78, 5) is 0. The fraction of sp³-hybridized carbons (Fsp3) is 1.00. The summed E-state index contributed by atoms with van der Waals surface area (Å²) in [7, 11) is 3.21. The van der Waals surface area contributed by atoms with Gasteiger partial charge in [0.1, 0.15) is 42.1 Å². The van der Waals surface area contributed by atoms with Crippen LogP contribution < -0.4 is 0 Å². The summed E-state index contributed by atoms with van der Waals surface area (Å²) in [6.07, 6.45) is -9.97. The number of ether oxygens (including phenoxy) is 3. The lowest BCUT2D eigenvalue weighted by molar-refractivity contribution is -0.259. The first kappa shape index (κ1) is 21.6. The molecule has 12 heteroatoms. The number of hydrogen-bond donors (Lipinski definition) is 7. The Kier molecular flexibility index (Phi) is 8.19. The highest BCUT2D eigenvalue weighted by Crippen LogP contribution is 2.42. The summed E-state index contributed by atoms with van der Waals surface area (Å²) >= 11 is 0. The fourth-order valence-corrected chi connectivity index (χ4v) is 5.79. The molecule has 2 rings (SSSR count). The van der Waals surface area contributed by atoms with Gasteiger partial charge in [-0.2, -0.15) is 0 Å². The largest absolute Gasteiger partial charge is 0.394 e. The van der Waals surface area contributed by atoms with Crippen molar-refractivity contribution in [3.05, 3.63) is 0 Å². The van der Waals surface area contributed by atoms with Gasteiger partial charge in [0.2, 0.25) is 0 Å². The van der Waals surface area contributed by atoms with Gasteiger partial charge in [-0.15, -0.1) is 0 Å². The van der Waals surface area contributed by atoms with Crippen LogP contribution in [0.1, 0.15) is 0 Å². The van der Waals surface area contributed by atoms with E-state index in [1.54, 1.807) is 0 Å². The predicted molar refractivity (Wildman–Crippen MR) is 87.5 cm³/mol. The maximum absolute atomic E-state index is 10.2. The molecular weight excluding hydrogens is 380 g/mol. The monoisotopic (exact) mass is 404 g/mol. The van der Waals surface area contributed by atoms with E-state index in [0.29, 0.717) is 0 Å². The van der Waals surface area contributed by atoms with E-state index in [1.807, 2.05) is 0 Å². The van der Waals surface area contributed by atoms with Gasteiger partial charge >= 0.3 is 0 Å². The third kappa shape index (κ3) is 4.59. The Hall–Kier alpha value is 0.300. The second kappa shape index (κ2) is 9.48. The summed E-state index contributed by atoms with van der Waals surface area (Å²) in [6, 6.07) is 0. The minimum atomic E-state index is -1.51. The van der Waals surface area contributed by atoms with Crippen molar-refractivity contribution < 1.29 is 50.0 Å².